The third-order valence-corrected chi connectivity index (χ3v) is 4.14. The maximum Gasteiger partial charge on any atom is 0.408 e. The molecule has 9 heteroatoms. The smallest absolute Gasteiger partial charge is 0.408 e. The minimum Gasteiger partial charge on any atom is -0.444 e. The summed E-state index contributed by atoms with van der Waals surface area (Å²) in [6.07, 6.45) is 6.53. The van der Waals surface area contributed by atoms with Gasteiger partial charge in [0.25, 0.3) is 5.91 Å². The molecule has 0 aliphatic heterocycles. The van der Waals surface area contributed by atoms with Crippen LogP contribution in [0.3, 0.4) is 0 Å². The molecule has 0 bridgehead atoms. The van der Waals surface area contributed by atoms with Crippen LogP contribution in [0.4, 0.5) is 4.79 Å². The molecule has 0 radical (unpaired) electrons. The van der Waals surface area contributed by atoms with Crippen LogP contribution in [0.15, 0.2) is 35.7 Å². The van der Waals surface area contributed by atoms with E-state index in [1.165, 1.54) is 6.21 Å². The van der Waals surface area contributed by atoms with Gasteiger partial charge in [-0.1, -0.05) is 6.07 Å². The normalized spacial score (nSPS) is 12.7. The molecule has 0 saturated carbocycles. The molecular formula is C19H25N5O3S. The highest BCUT2D eigenvalue weighted by Crippen LogP contribution is 2.10. The van der Waals surface area contributed by atoms with Crippen molar-refractivity contribution in [2.75, 3.05) is 12.0 Å². The summed E-state index contributed by atoms with van der Waals surface area (Å²) in [5.41, 5.74) is 4.12. The van der Waals surface area contributed by atoms with Crippen molar-refractivity contribution in [2.24, 2.45) is 5.10 Å². The Balaban J connectivity index is 1.98. The van der Waals surface area contributed by atoms with E-state index in [-0.39, 0.29) is 0 Å². The van der Waals surface area contributed by atoms with Gasteiger partial charge < -0.3 is 10.1 Å². The lowest BCUT2D eigenvalue weighted by molar-refractivity contribution is -0.123. The maximum absolute atomic E-state index is 12.4. The predicted molar refractivity (Wildman–Crippen MR) is 111 cm³/mol. The van der Waals surface area contributed by atoms with Crippen LogP contribution in [0, 0.1) is 0 Å². The number of ether oxygens (including phenoxy) is 1. The van der Waals surface area contributed by atoms with Gasteiger partial charge >= 0.3 is 6.09 Å². The van der Waals surface area contributed by atoms with Gasteiger partial charge in [0.05, 0.1) is 17.2 Å². The van der Waals surface area contributed by atoms with Gasteiger partial charge in [-0.15, -0.1) is 0 Å². The van der Waals surface area contributed by atoms with Crippen LogP contribution in [0.25, 0.3) is 11.0 Å². The highest BCUT2D eigenvalue weighted by molar-refractivity contribution is 7.98. The van der Waals surface area contributed by atoms with Crippen LogP contribution in [0.2, 0.25) is 0 Å². The van der Waals surface area contributed by atoms with Gasteiger partial charge in [-0.05, 0) is 56.9 Å². The molecule has 2 N–H and O–H groups in total. The molecule has 1 unspecified atom stereocenters. The number of fused-ring (bicyclic) bond motifs is 1. The van der Waals surface area contributed by atoms with Crippen molar-refractivity contribution in [3.63, 3.8) is 0 Å². The number of aromatic nitrogens is 2. The van der Waals surface area contributed by atoms with Crippen LogP contribution in [-0.4, -0.2) is 51.8 Å². The Labute approximate surface area is 168 Å². The number of nitrogens with one attached hydrogen (secondary N) is 2. The van der Waals surface area contributed by atoms with E-state index in [1.807, 2.05) is 24.5 Å². The average Bonchev–Trinajstić information content (AvgIpc) is 2.63. The second kappa shape index (κ2) is 10.0. The zero-order valence-electron chi connectivity index (χ0n) is 16.4. The summed E-state index contributed by atoms with van der Waals surface area (Å²) in [5.74, 6) is 0.303. The van der Waals surface area contributed by atoms with Gasteiger partial charge in [0, 0.05) is 12.4 Å². The highest BCUT2D eigenvalue weighted by Gasteiger charge is 2.23. The summed E-state index contributed by atoms with van der Waals surface area (Å²) in [7, 11) is 0. The van der Waals surface area contributed by atoms with Crippen molar-refractivity contribution in [1.29, 1.82) is 0 Å². The first-order valence-electron chi connectivity index (χ1n) is 8.80. The van der Waals surface area contributed by atoms with Crippen LogP contribution in [-0.2, 0) is 9.53 Å². The van der Waals surface area contributed by atoms with Crippen LogP contribution >= 0.6 is 11.8 Å². The van der Waals surface area contributed by atoms with Crippen LogP contribution in [0.1, 0.15) is 32.8 Å². The molecule has 0 fully saturated rings. The Bertz CT molecular complexity index is 851. The van der Waals surface area contributed by atoms with Gasteiger partial charge in [-0.2, -0.15) is 16.9 Å². The largest absolute Gasteiger partial charge is 0.444 e. The molecule has 2 amide bonds. The van der Waals surface area contributed by atoms with E-state index in [1.54, 1.807) is 44.9 Å². The fourth-order valence-corrected chi connectivity index (χ4v) is 2.73. The topological polar surface area (TPSA) is 106 Å². The number of carbonyl (C=O) groups is 2. The summed E-state index contributed by atoms with van der Waals surface area (Å²) in [6.45, 7) is 5.30. The van der Waals surface area contributed by atoms with Gasteiger partial charge in [-0.3, -0.25) is 14.8 Å². The summed E-state index contributed by atoms with van der Waals surface area (Å²) < 4.78 is 5.22. The lowest BCUT2D eigenvalue weighted by atomic mass is 10.2. The SMILES string of the molecule is CSCCC(NC(=O)OC(C)(C)C)C(=O)NN=Cc1ccc2nccnc2c1. The first-order valence-corrected chi connectivity index (χ1v) is 10.2. The first-order chi connectivity index (χ1) is 13.3. The fraction of sp³-hybridized carbons (Fsp3) is 0.421. The monoisotopic (exact) mass is 403 g/mol. The molecule has 150 valence electrons. The van der Waals surface area contributed by atoms with Gasteiger partial charge in [0.1, 0.15) is 11.6 Å². The minimum absolute atomic E-state index is 0.406. The number of carbonyl (C=O) groups excluding carboxylic acids is 2. The van der Waals surface area contributed by atoms with Gasteiger partial charge in [-0.25, -0.2) is 10.2 Å². The second-order valence-electron chi connectivity index (χ2n) is 7.02. The molecule has 8 nitrogen and oxygen atoms in total. The number of hydrogen-bond donors (Lipinski definition) is 2. The van der Waals surface area contributed by atoms with Crippen molar-refractivity contribution in [3.05, 3.63) is 36.2 Å². The number of rotatable bonds is 7. The summed E-state index contributed by atoms with van der Waals surface area (Å²) in [5, 5.41) is 6.59. The molecule has 1 heterocycles. The van der Waals surface area contributed by atoms with E-state index in [0.29, 0.717) is 12.2 Å². The summed E-state index contributed by atoms with van der Waals surface area (Å²) in [4.78, 5) is 32.8. The summed E-state index contributed by atoms with van der Waals surface area (Å²) >= 11 is 1.59. The van der Waals surface area contributed by atoms with Crippen LogP contribution < -0.4 is 10.7 Å². The molecule has 2 rings (SSSR count). The van der Waals surface area contributed by atoms with Crippen molar-refractivity contribution >= 4 is 41.0 Å². The number of thioether (sulfide) groups is 1. The number of hydrogen-bond acceptors (Lipinski definition) is 7. The number of amides is 2. The lowest BCUT2D eigenvalue weighted by Gasteiger charge is -2.22. The number of nitrogens with zero attached hydrogens (tertiary/aromatic N) is 3. The first kappa shape index (κ1) is 21.6. The standard InChI is InChI=1S/C19H25N5O3S/c1-19(2,3)27-18(26)23-15(7-10-28-4)17(25)24-22-12-13-5-6-14-16(11-13)21-9-8-20-14/h5-6,8-9,11-12,15H,7,10H2,1-4H3,(H,23,26)(H,24,25). The minimum atomic E-state index is -0.734. The van der Waals surface area contributed by atoms with Gasteiger partial charge in [0.2, 0.25) is 0 Å². The van der Waals surface area contributed by atoms with E-state index >= 15 is 0 Å². The third kappa shape index (κ3) is 7.15. The Morgan fingerprint density at radius 1 is 1.25 bits per heavy atom. The number of benzene rings is 1. The molecule has 1 aromatic carbocycles. The van der Waals surface area contributed by atoms with E-state index in [2.05, 4.69) is 25.8 Å². The van der Waals surface area contributed by atoms with Crippen molar-refractivity contribution < 1.29 is 14.3 Å². The van der Waals surface area contributed by atoms with Crippen molar-refractivity contribution in [3.8, 4) is 0 Å². The van der Waals surface area contributed by atoms with Crippen LogP contribution in [0.5, 0.6) is 0 Å². The van der Waals surface area contributed by atoms with E-state index < -0.39 is 23.6 Å². The maximum atomic E-state index is 12.4. The molecule has 1 atom stereocenters. The zero-order valence-corrected chi connectivity index (χ0v) is 17.2. The Hall–Kier alpha value is -2.68. The lowest BCUT2D eigenvalue weighted by Crippen LogP contribution is -2.47. The van der Waals surface area contributed by atoms with E-state index in [0.717, 1.165) is 16.6 Å². The fourth-order valence-electron chi connectivity index (χ4n) is 2.26. The highest BCUT2D eigenvalue weighted by atomic mass is 32.2. The van der Waals surface area contributed by atoms with Crippen molar-refractivity contribution in [1.82, 2.24) is 20.7 Å². The van der Waals surface area contributed by atoms with E-state index in [9.17, 15) is 9.59 Å². The molecule has 0 saturated heterocycles. The number of alkyl carbamates (subject to hydrolysis) is 1. The Morgan fingerprint density at radius 2 is 1.96 bits per heavy atom. The quantitative estimate of drug-likeness (QED) is 0.544. The second-order valence-corrected chi connectivity index (χ2v) is 8.00. The molecule has 1 aromatic heterocycles. The number of hydrazone groups is 1. The van der Waals surface area contributed by atoms with Crippen molar-refractivity contribution in [2.45, 2.75) is 38.8 Å². The Morgan fingerprint density at radius 3 is 2.64 bits per heavy atom. The molecule has 0 aliphatic carbocycles. The molecule has 28 heavy (non-hydrogen) atoms. The molecular weight excluding hydrogens is 378 g/mol. The molecule has 0 spiro atoms. The van der Waals surface area contributed by atoms with E-state index in [4.69, 9.17) is 4.74 Å². The zero-order chi connectivity index (χ0) is 20.6. The average molecular weight is 404 g/mol. The molecule has 2 aromatic rings. The predicted octanol–water partition coefficient (Wildman–Crippen LogP) is 2.73. The Kier molecular flexibility index (Phi) is 7.74. The molecule has 0 aliphatic rings. The third-order valence-electron chi connectivity index (χ3n) is 3.50. The van der Waals surface area contributed by atoms with Gasteiger partial charge in [0.15, 0.2) is 0 Å². The summed E-state index contributed by atoms with van der Waals surface area (Å²) in [6, 6.07) is 4.75.